The summed E-state index contributed by atoms with van der Waals surface area (Å²) in [6, 6.07) is 19.5. The molecule has 0 aliphatic heterocycles. The number of aromatic nitrogens is 3. The van der Waals surface area contributed by atoms with E-state index < -0.39 is 0 Å². The van der Waals surface area contributed by atoms with Crippen molar-refractivity contribution in [1.82, 2.24) is 15.0 Å². The maximum absolute atomic E-state index is 5.65. The number of hydrogen-bond donors (Lipinski definition) is 2. The average molecular weight is 357 g/mol. The molecule has 2 aromatic heterocycles. The molecule has 0 unspecified atom stereocenters. The van der Waals surface area contributed by atoms with E-state index in [1.807, 2.05) is 67.6 Å². The summed E-state index contributed by atoms with van der Waals surface area (Å²) in [5, 5.41) is 7.60. The Morgan fingerprint density at radius 2 is 1.67 bits per heavy atom. The van der Waals surface area contributed by atoms with E-state index in [1.165, 1.54) is 0 Å². The van der Waals surface area contributed by atoms with Crippen molar-refractivity contribution in [3.8, 4) is 5.75 Å². The number of hydrogen-bond acceptors (Lipinski definition) is 6. The van der Waals surface area contributed by atoms with E-state index in [-0.39, 0.29) is 0 Å². The number of benzene rings is 2. The summed E-state index contributed by atoms with van der Waals surface area (Å²) in [5.74, 6) is 1.95. The third-order valence-electron chi connectivity index (χ3n) is 3.98. The number of pyridine rings is 1. The minimum atomic E-state index is 0.493. The Bertz CT molecular complexity index is 1060. The van der Waals surface area contributed by atoms with Crippen LogP contribution in [0.5, 0.6) is 5.75 Å². The maximum atomic E-state index is 5.65. The van der Waals surface area contributed by atoms with Gasteiger partial charge in [0.25, 0.3) is 0 Å². The third kappa shape index (κ3) is 3.79. The van der Waals surface area contributed by atoms with Crippen LogP contribution in [-0.2, 0) is 0 Å². The summed E-state index contributed by atoms with van der Waals surface area (Å²) in [7, 11) is 0. The molecule has 4 aromatic rings. The Morgan fingerprint density at radius 3 is 2.59 bits per heavy atom. The lowest BCUT2D eigenvalue weighted by molar-refractivity contribution is 0.342. The van der Waals surface area contributed by atoms with E-state index in [4.69, 9.17) is 4.74 Å². The van der Waals surface area contributed by atoms with Gasteiger partial charge in [-0.25, -0.2) is 4.98 Å². The average Bonchev–Trinajstić information content (AvgIpc) is 2.70. The molecule has 2 heterocycles. The first-order valence-corrected chi connectivity index (χ1v) is 8.76. The zero-order chi connectivity index (χ0) is 18.5. The van der Waals surface area contributed by atoms with Crippen molar-refractivity contribution < 1.29 is 4.74 Å². The zero-order valence-electron chi connectivity index (χ0n) is 14.9. The standard InChI is InChI=1S/C21H19N5O/c1-2-27-18-11-4-3-9-16(18)24-19-12-14-23-21(26-19)25-17-10-5-7-15-8-6-13-22-20(15)17/h3-14H,2H2,1H3,(H2,23,24,25,26). The SMILES string of the molecule is CCOc1ccccc1Nc1ccnc(Nc2cccc3cccnc23)n1. The molecule has 134 valence electrons. The first-order valence-electron chi connectivity index (χ1n) is 8.76. The zero-order valence-corrected chi connectivity index (χ0v) is 14.9. The van der Waals surface area contributed by atoms with E-state index in [1.54, 1.807) is 12.4 Å². The van der Waals surface area contributed by atoms with Gasteiger partial charge >= 0.3 is 0 Å². The van der Waals surface area contributed by atoms with Crippen molar-refractivity contribution in [3.63, 3.8) is 0 Å². The molecule has 0 amide bonds. The van der Waals surface area contributed by atoms with Crippen molar-refractivity contribution in [2.75, 3.05) is 17.2 Å². The van der Waals surface area contributed by atoms with Crippen molar-refractivity contribution in [2.45, 2.75) is 6.92 Å². The highest BCUT2D eigenvalue weighted by molar-refractivity contribution is 5.91. The monoisotopic (exact) mass is 357 g/mol. The van der Waals surface area contributed by atoms with E-state index in [9.17, 15) is 0 Å². The summed E-state index contributed by atoms with van der Waals surface area (Å²) < 4.78 is 5.65. The molecule has 2 aromatic carbocycles. The van der Waals surface area contributed by atoms with Crippen LogP contribution in [0.2, 0.25) is 0 Å². The summed E-state index contributed by atoms with van der Waals surface area (Å²) >= 11 is 0. The highest BCUT2D eigenvalue weighted by Gasteiger charge is 2.07. The third-order valence-corrected chi connectivity index (χ3v) is 3.98. The summed E-state index contributed by atoms with van der Waals surface area (Å²) in [5.41, 5.74) is 2.60. The van der Waals surface area contributed by atoms with Gasteiger partial charge in [-0.1, -0.05) is 30.3 Å². The van der Waals surface area contributed by atoms with Crippen LogP contribution in [0.15, 0.2) is 73.1 Å². The van der Waals surface area contributed by atoms with Crippen molar-refractivity contribution in [2.24, 2.45) is 0 Å². The van der Waals surface area contributed by atoms with Gasteiger partial charge in [0.05, 0.1) is 23.5 Å². The fourth-order valence-corrected chi connectivity index (χ4v) is 2.80. The van der Waals surface area contributed by atoms with Gasteiger partial charge in [-0.05, 0) is 37.3 Å². The van der Waals surface area contributed by atoms with E-state index >= 15 is 0 Å². The largest absolute Gasteiger partial charge is 0.492 e. The molecule has 0 spiro atoms. The second kappa shape index (κ2) is 7.70. The molecule has 27 heavy (non-hydrogen) atoms. The molecule has 0 bridgehead atoms. The fourth-order valence-electron chi connectivity index (χ4n) is 2.80. The molecule has 4 rings (SSSR count). The molecule has 0 saturated carbocycles. The van der Waals surface area contributed by atoms with Gasteiger partial charge in [-0.3, -0.25) is 4.98 Å². The van der Waals surface area contributed by atoms with Gasteiger partial charge in [0.2, 0.25) is 5.95 Å². The number of nitrogens with zero attached hydrogens (tertiary/aromatic N) is 3. The molecule has 6 nitrogen and oxygen atoms in total. The van der Waals surface area contributed by atoms with Crippen molar-refractivity contribution in [1.29, 1.82) is 0 Å². The molecular weight excluding hydrogens is 338 g/mol. The van der Waals surface area contributed by atoms with Gasteiger partial charge in [0.15, 0.2) is 0 Å². The maximum Gasteiger partial charge on any atom is 0.229 e. The minimum Gasteiger partial charge on any atom is -0.492 e. The minimum absolute atomic E-state index is 0.493. The predicted molar refractivity (Wildman–Crippen MR) is 108 cm³/mol. The van der Waals surface area contributed by atoms with Crippen LogP contribution in [-0.4, -0.2) is 21.6 Å². The highest BCUT2D eigenvalue weighted by atomic mass is 16.5. The van der Waals surface area contributed by atoms with Crippen LogP contribution in [0.4, 0.5) is 23.1 Å². The van der Waals surface area contributed by atoms with Crippen LogP contribution in [0.1, 0.15) is 6.92 Å². The van der Waals surface area contributed by atoms with Crippen LogP contribution in [0.3, 0.4) is 0 Å². The molecule has 0 atom stereocenters. The number of fused-ring (bicyclic) bond motifs is 1. The van der Waals surface area contributed by atoms with Gasteiger partial charge < -0.3 is 15.4 Å². The second-order valence-electron chi connectivity index (χ2n) is 5.83. The smallest absolute Gasteiger partial charge is 0.229 e. The Labute approximate surface area is 157 Å². The Morgan fingerprint density at radius 1 is 0.815 bits per heavy atom. The molecule has 6 heteroatoms. The molecule has 0 aliphatic carbocycles. The van der Waals surface area contributed by atoms with Gasteiger partial charge in [0, 0.05) is 17.8 Å². The van der Waals surface area contributed by atoms with Crippen LogP contribution < -0.4 is 15.4 Å². The normalized spacial score (nSPS) is 10.6. The number of rotatable bonds is 6. The van der Waals surface area contributed by atoms with Crippen molar-refractivity contribution >= 4 is 34.0 Å². The number of para-hydroxylation sites is 3. The van der Waals surface area contributed by atoms with Crippen LogP contribution in [0, 0.1) is 0 Å². The summed E-state index contributed by atoms with van der Waals surface area (Å²) in [4.78, 5) is 13.3. The van der Waals surface area contributed by atoms with Gasteiger partial charge in [0.1, 0.15) is 11.6 Å². The quantitative estimate of drug-likeness (QED) is 0.511. The number of nitrogens with one attached hydrogen (secondary N) is 2. The Kier molecular flexibility index (Phi) is 4.78. The fraction of sp³-hybridized carbons (Fsp3) is 0.0952. The van der Waals surface area contributed by atoms with E-state index in [0.717, 1.165) is 28.0 Å². The lowest BCUT2D eigenvalue weighted by Crippen LogP contribution is -2.02. The molecule has 0 radical (unpaired) electrons. The lowest BCUT2D eigenvalue weighted by Gasteiger charge is -2.12. The molecule has 2 N–H and O–H groups in total. The highest BCUT2D eigenvalue weighted by Crippen LogP contribution is 2.27. The lowest BCUT2D eigenvalue weighted by atomic mass is 10.2. The Balaban J connectivity index is 1.60. The molecule has 0 saturated heterocycles. The van der Waals surface area contributed by atoms with Gasteiger partial charge in [-0.2, -0.15) is 4.98 Å². The topological polar surface area (TPSA) is 72.0 Å². The van der Waals surface area contributed by atoms with E-state index in [0.29, 0.717) is 18.4 Å². The number of ether oxygens (including phenoxy) is 1. The van der Waals surface area contributed by atoms with E-state index in [2.05, 4.69) is 25.6 Å². The first-order chi connectivity index (χ1) is 13.3. The van der Waals surface area contributed by atoms with Crippen LogP contribution in [0.25, 0.3) is 10.9 Å². The predicted octanol–water partition coefficient (Wildman–Crippen LogP) is 4.91. The van der Waals surface area contributed by atoms with Crippen LogP contribution >= 0.6 is 0 Å². The molecule has 0 aliphatic rings. The molecular formula is C21H19N5O. The Hall–Kier alpha value is -3.67. The number of anilines is 4. The molecule has 0 fully saturated rings. The van der Waals surface area contributed by atoms with Crippen molar-refractivity contribution in [3.05, 3.63) is 73.1 Å². The summed E-state index contributed by atoms with van der Waals surface area (Å²) in [6.45, 7) is 2.56. The van der Waals surface area contributed by atoms with Gasteiger partial charge in [-0.15, -0.1) is 0 Å². The summed E-state index contributed by atoms with van der Waals surface area (Å²) in [6.07, 6.45) is 3.48. The second-order valence-corrected chi connectivity index (χ2v) is 5.83. The first kappa shape index (κ1) is 16.8.